The lowest BCUT2D eigenvalue weighted by Gasteiger charge is -2.27. The second-order valence-corrected chi connectivity index (χ2v) is 9.42. The number of nitrogens with one attached hydrogen (secondary N) is 1. The van der Waals surface area contributed by atoms with Gasteiger partial charge in [-0.1, -0.05) is 72.3 Å². The standard InChI is InChI=1S/C24H25ClN2O4S/c1-18(26-32(29,30)23-15-21(25)13-14-22(23)31-2)24(28)27(16-19-9-5-3-6-10-19)17-20-11-7-4-8-12-20/h3-15,18,26H,16-17H2,1-2H3/t18-/m1/s1. The van der Waals surface area contributed by atoms with Crippen molar-refractivity contribution in [2.45, 2.75) is 31.0 Å². The van der Waals surface area contributed by atoms with E-state index < -0.39 is 16.1 Å². The summed E-state index contributed by atoms with van der Waals surface area (Å²) in [6.07, 6.45) is 0. The summed E-state index contributed by atoms with van der Waals surface area (Å²) in [4.78, 5) is 14.8. The number of ether oxygens (including phenoxy) is 1. The molecule has 0 bridgehead atoms. The maximum atomic E-state index is 13.3. The van der Waals surface area contributed by atoms with Crippen LogP contribution in [0.1, 0.15) is 18.1 Å². The number of hydrogen-bond acceptors (Lipinski definition) is 4. The Labute approximate surface area is 193 Å². The highest BCUT2D eigenvalue weighted by atomic mass is 35.5. The number of carbonyl (C=O) groups excluding carboxylic acids is 1. The average Bonchev–Trinajstić information content (AvgIpc) is 2.79. The number of nitrogens with zero attached hydrogens (tertiary/aromatic N) is 1. The number of rotatable bonds is 9. The summed E-state index contributed by atoms with van der Waals surface area (Å²) in [6.45, 7) is 2.22. The Morgan fingerprint density at radius 3 is 2.00 bits per heavy atom. The summed E-state index contributed by atoms with van der Waals surface area (Å²) in [7, 11) is -2.68. The molecule has 3 aromatic rings. The number of halogens is 1. The third-order valence-electron chi connectivity index (χ3n) is 4.86. The van der Waals surface area contributed by atoms with Crippen LogP contribution in [0.2, 0.25) is 5.02 Å². The molecule has 6 nitrogen and oxygen atoms in total. The van der Waals surface area contributed by atoms with Crippen molar-refractivity contribution < 1.29 is 17.9 Å². The quantitative estimate of drug-likeness (QED) is 0.505. The molecule has 0 fully saturated rings. The number of benzene rings is 3. The number of sulfonamides is 1. The zero-order chi connectivity index (χ0) is 23.1. The lowest BCUT2D eigenvalue weighted by atomic mass is 10.1. The summed E-state index contributed by atoms with van der Waals surface area (Å²) < 4.78 is 33.6. The second kappa shape index (κ2) is 10.6. The molecule has 0 heterocycles. The van der Waals surface area contributed by atoms with E-state index in [9.17, 15) is 13.2 Å². The van der Waals surface area contributed by atoms with Crippen LogP contribution in [-0.2, 0) is 27.9 Å². The molecular formula is C24H25ClN2O4S. The zero-order valence-electron chi connectivity index (χ0n) is 17.9. The fourth-order valence-corrected chi connectivity index (χ4v) is 4.93. The lowest BCUT2D eigenvalue weighted by Crippen LogP contribution is -2.46. The molecule has 0 unspecified atom stereocenters. The maximum Gasteiger partial charge on any atom is 0.245 e. The van der Waals surface area contributed by atoms with Gasteiger partial charge < -0.3 is 9.64 Å². The molecule has 8 heteroatoms. The van der Waals surface area contributed by atoms with Gasteiger partial charge in [-0.2, -0.15) is 4.72 Å². The maximum absolute atomic E-state index is 13.3. The van der Waals surface area contributed by atoms with Crippen LogP contribution in [-0.4, -0.2) is 32.4 Å². The molecule has 0 radical (unpaired) electrons. The van der Waals surface area contributed by atoms with E-state index in [2.05, 4.69) is 4.72 Å². The SMILES string of the molecule is COc1ccc(Cl)cc1S(=O)(=O)N[C@H](C)C(=O)N(Cc1ccccc1)Cc1ccccc1. The monoisotopic (exact) mass is 472 g/mol. The van der Waals surface area contributed by atoms with Crippen molar-refractivity contribution in [3.05, 3.63) is 95.0 Å². The van der Waals surface area contributed by atoms with E-state index in [0.717, 1.165) is 11.1 Å². The molecule has 0 spiro atoms. The van der Waals surface area contributed by atoms with Gasteiger partial charge in [-0.05, 0) is 36.2 Å². The van der Waals surface area contributed by atoms with Crippen molar-refractivity contribution in [2.24, 2.45) is 0 Å². The molecule has 0 aliphatic carbocycles. The van der Waals surface area contributed by atoms with Crippen LogP contribution < -0.4 is 9.46 Å². The van der Waals surface area contributed by atoms with Crippen LogP contribution >= 0.6 is 11.6 Å². The van der Waals surface area contributed by atoms with Gasteiger partial charge in [-0.25, -0.2) is 8.42 Å². The Hall–Kier alpha value is -2.87. The van der Waals surface area contributed by atoms with Gasteiger partial charge in [0.2, 0.25) is 15.9 Å². The minimum Gasteiger partial charge on any atom is -0.495 e. The van der Waals surface area contributed by atoms with Crippen molar-refractivity contribution in [3.63, 3.8) is 0 Å². The third-order valence-corrected chi connectivity index (χ3v) is 6.66. The first-order valence-corrected chi connectivity index (χ1v) is 11.9. The number of hydrogen-bond donors (Lipinski definition) is 1. The van der Waals surface area contributed by atoms with Gasteiger partial charge in [0.25, 0.3) is 0 Å². The van der Waals surface area contributed by atoms with E-state index in [1.54, 1.807) is 4.90 Å². The molecular weight excluding hydrogens is 448 g/mol. The van der Waals surface area contributed by atoms with Gasteiger partial charge in [0.15, 0.2) is 0 Å². The van der Waals surface area contributed by atoms with Crippen LogP contribution in [0.15, 0.2) is 83.8 Å². The fourth-order valence-electron chi connectivity index (χ4n) is 3.30. The van der Waals surface area contributed by atoms with E-state index >= 15 is 0 Å². The topological polar surface area (TPSA) is 75.7 Å². The largest absolute Gasteiger partial charge is 0.495 e. The first kappa shape index (κ1) is 23.8. The summed E-state index contributed by atoms with van der Waals surface area (Å²) in [5.74, 6) is -0.200. The Bertz CT molecular complexity index is 1110. The smallest absolute Gasteiger partial charge is 0.245 e. The van der Waals surface area contributed by atoms with E-state index in [1.807, 2.05) is 60.7 Å². The summed E-state index contributed by atoms with van der Waals surface area (Å²) >= 11 is 5.99. The van der Waals surface area contributed by atoms with Crippen molar-refractivity contribution >= 4 is 27.5 Å². The van der Waals surface area contributed by atoms with Crippen LogP contribution in [0.5, 0.6) is 5.75 Å². The molecule has 0 aliphatic rings. The molecule has 1 atom stereocenters. The minimum absolute atomic E-state index is 0.121. The average molecular weight is 473 g/mol. The fraction of sp³-hybridized carbons (Fsp3) is 0.208. The Balaban J connectivity index is 1.84. The normalized spacial score (nSPS) is 12.2. The molecule has 3 rings (SSSR count). The first-order valence-electron chi connectivity index (χ1n) is 10.0. The number of amides is 1. The van der Waals surface area contributed by atoms with Crippen LogP contribution in [0.3, 0.4) is 0 Å². The van der Waals surface area contributed by atoms with Crippen LogP contribution in [0.4, 0.5) is 0 Å². The van der Waals surface area contributed by atoms with E-state index in [0.29, 0.717) is 13.1 Å². The Kier molecular flexibility index (Phi) is 7.90. The number of carbonyl (C=O) groups is 1. The van der Waals surface area contributed by atoms with Gasteiger partial charge >= 0.3 is 0 Å². The molecule has 168 valence electrons. The third kappa shape index (κ3) is 6.09. The lowest BCUT2D eigenvalue weighted by molar-refractivity contribution is -0.133. The van der Waals surface area contributed by atoms with Crippen molar-refractivity contribution in [2.75, 3.05) is 7.11 Å². The predicted octanol–water partition coefficient (Wildman–Crippen LogP) is 4.24. The van der Waals surface area contributed by atoms with Crippen LogP contribution in [0, 0.1) is 0 Å². The van der Waals surface area contributed by atoms with Crippen molar-refractivity contribution in [3.8, 4) is 5.75 Å². The van der Waals surface area contributed by atoms with E-state index in [4.69, 9.17) is 16.3 Å². The highest BCUT2D eigenvalue weighted by molar-refractivity contribution is 7.89. The Morgan fingerprint density at radius 1 is 0.969 bits per heavy atom. The van der Waals surface area contributed by atoms with Gasteiger partial charge in [-0.3, -0.25) is 4.79 Å². The Morgan fingerprint density at radius 2 is 1.50 bits per heavy atom. The zero-order valence-corrected chi connectivity index (χ0v) is 19.4. The minimum atomic E-state index is -4.06. The van der Waals surface area contributed by atoms with Crippen molar-refractivity contribution in [1.82, 2.24) is 9.62 Å². The summed E-state index contributed by atoms with van der Waals surface area (Å²) in [6, 6.07) is 22.4. The molecule has 1 N–H and O–H groups in total. The molecule has 0 aliphatic heterocycles. The highest BCUT2D eigenvalue weighted by Gasteiger charge is 2.28. The van der Waals surface area contributed by atoms with Crippen LogP contribution in [0.25, 0.3) is 0 Å². The summed E-state index contributed by atoms with van der Waals surface area (Å²) in [5, 5.41) is 0.250. The number of methoxy groups -OCH3 is 1. The van der Waals surface area contributed by atoms with E-state index in [1.165, 1.54) is 32.2 Å². The van der Waals surface area contributed by atoms with Gasteiger partial charge in [0.1, 0.15) is 10.6 Å². The molecule has 0 aromatic heterocycles. The summed E-state index contributed by atoms with van der Waals surface area (Å²) in [5.41, 5.74) is 1.90. The molecule has 0 saturated heterocycles. The van der Waals surface area contributed by atoms with Crippen molar-refractivity contribution in [1.29, 1.82) is 0 Å². The van der Waals surface area contributed by atoms with Gasteiger partial charge in [0.05, 0.1) is 13.2 Å². The second-order valence-electron chi connectivity index (χ2n) is 7.30. The molecule has 3 aromatic carbocycles. The molecule has 0 saturated carbocycles. The van der Waals surface area contributed by atoms with Gasteiger partial charge in [-0.15, -0.1) is 0 Å². The first-order chi connectivity index (χ1) is 15.3. The molecule has 1 amide bonds. The molecule has 32 heavy (non-hydrogen) atoms. The van der Waals surface area contributed by atoms with E-state index in [-0.39, 0.29) is 21.6 Å². The predicted molar refractivity (Wildman–Crippen MR) is 125 cm³/mol. The van der Waals surface area contributed by atoms with Gasteiger partial charge in [0, 0.05) is 18.1 Å². The highest BCUT2D eigenvalue weighted by Crippen LogP contribution is 2.27.